The lowest BCUT2D eigenvalue weighted by atomic mass is 10.3. The van der Waals surface area contributed by atoms with Gasteiger partial charge in [0.15, 0.2) is 0 Å². The van der Waals surface area contributed by atoms with E-state index in [1.54, 1.807) is 0 Å². The van der Waals surface area contributed by atoms with Crippen molar-refractivity contribution in [1.29, 1.82) is 0 Å². The predicted molar refractivity (Wildman–Crippen MR) is 66.6 cm³/mol. The van der Waals surface area contributed by atoms with Gasteiger partial charge in [-0.2, -0.15) is 0 Å². The van der Waals surface area contributed by atoms with Gasteiger partial charge in [0.1, 0.15) is 15.6 Å². The zero-order valence-electron chi connectivity index (χ0n) is 8.25. The van der Waals surface area contributed by atoms with Gasteiger partial charge >= 0.3 is 11.9 Å². The molecule has 0 aliphatic carbocycles. The van der Waals surface area contributed by atoms with Crippen molar-refractivity contribution >= 4 is 40.2 Å². The number of nitrogens with one attached hydrogen (secondary N) is 1. The second-order valence-electron chi connectivity index (χ2n) is 2.60. The molecule has 0 saturated carbocycles. The monoisotopic (exact) mass is 261 g/mol. The van der Waals surface area contributed by atoms with Gasteiger partial charge in [0.05, 0.1) is 0 Å². The van der Waals surface area contributed by atoms with Crippen LogP contribution in [0, 0.1) is 0 Å². The molecule has 0 aromatic rings. The second kappa shape index (κ2) is 7.02. The quantitative estimate of drug-likeness (QED) is 0.483. The summed E-state index contributed by atoms with van der Waals surface area (Å²) in [5.74, 6) is -2.22. The number of thiocarbonyl (C=S) groups is 1. The zero-order chi connectivity index (χ0) is 12.7. The topological polar surface area (TPSA) is 86.6 Å². The Balaban J connectivity index is 4.36. The molecular weight excluding hydrogens is 250 g/mol. The first-order chi connectivity index (χ1) is 7.42. The van der Waals surface area contributed by atoms with Crippen molar-refractivity contribution in [2.45, 2.75) is 11.3 Å². The zero-order valence-corrected chi connectivity index (χ0v) is 9.88. The van der Waals surface area contributed by atoms with E-state index in [4.69, 9.17) is 22.4 Å². The number of carboxylic acids is 2. The number of hydrogen-bond donors (Lipinski definition) is 3. The molecule has 0 radical (unpaired) electrons. The molecule has 88 valence electrons. The van der Waals surface area contributed by atoms with Crippen molar-refractivity contribution in [3.05, 3.63) is 25.3 Å². The number of carboxylic acid groups (broad SMARTS) is 2. The van der Waals surface area contributed by atoms with E-state index in [2.05, 4.69) is 18.5 Å². The molecular formula is C9H11NO4S2. The van der Waals surface area contributed by atoms with Gasteiger partial charge in [-0.1, -0.05) is 36.1 Å². The Morgan fingerprint density at radius 2 is 1.81 bits per heavy atom. The summed E-state index contributed by atoms with van der Waals surface area (Å²) in [6, 6.07) is -1.03. The minimum atomic E-state index is -1.14. The minimum Gasteiger partial charge on any atom is -0.480 e. The fourth-order valence-corrected chi connectivity index (χ4v) is 1.76. The molecule has 0 fully saturated rings. The Bertz CT molecular complexity index is 299. The molecule has 0 aliphatic rings. The molecule has 7 heteroatoms. The Morgan fingerprint density at radius 3 is 2.12 bits per heavy atom. The maximum Gasteiger partial charge on any atom is 0.330 e. The number of hydrogen-bond acceptors (Lipinski definition) is 4. The van der Waals surface area contributed by atoms with E-state index in [1.807, 2.05) is 0 Å². The summed E-state index contributed by atoms with van der Waals surface area (Å²) in [6.07, 6.45) is 2.38. The molecule has 0 saturated heterocycles. The van der Waals surface area contributed by atoms with Crippen molar-refractivity contribution in [2.75, 3.05) is 0 Å². The molecule has 5 nitrogen and oxygen atoms in total. The van der Waals surface area contributed by atoms with Crippen LogP contribution in [0.3, 0.4) is 0 Å². The summed E-state index contributed by atoms with van der Waals surface area (Å²) in [5, 5.41) is 18.9. The maximum atomic E-state index is 10.6. The molecule has 0 aliphatic heterocycles. The first-order valence-corrected chi connectivity index (χ1v) is 5.39. The minimum absolute atomic E-state index is 0.0691. The highest BCUT2D eigenvalue weighted by Crippen LogP contribution is 2.13. The molecule has 2 unspecified atom stereocenters. The van der Waals surface area contributed by atoms with Crippen molar-refractivity contribution < 1.29 is 19.8 Å². The van der Waals surface area contributed by atoms with Crippen molar-refractivity contribution in [3.8, 4) is 0 Å². The molecule has 0 aromatic carbocycles. The van der Waals surface area contributed by atoms with Crippen LogP contribution in [0.2, 0.25) is 0 Å². The molecule has 2 atom stereocenters. The molecule has 0 rings (SSSR count). The van der Waals surface area contributed by atoms with Crippen LogP contribution in [-0.4, -0.2) is 37.8 Å². The van der Waals surface area contributed by atoms with Gasteiger partial charge in [0.2, 0.25) is 0 Å². The fraction of sp³-hybridized carbons (Fsp3) is 0.222. The van der Waals surface area contributed by atoms with Crippen molar-refractivity contribution in [3.63, 3.8) is 0 Å². The third kappa shape index (κ3) is 4.94. The number of thioether (sulfide) groups is 1. The molecule has 0 amide bonds. The van der Waals surface area contributed by atoms with Gasteiger partial charge in [-0.15, -0.1) is 13.2 Å². The van der Waals surface area contributed by atoms with E-state index < -0.39 is 23.2 Å². The number of carbonyl (C=O) groups is 2. The van der Waals surface area contributed by atoms with Crippen LogP contribution in [0.25, 0.3) is 0 Å². The Hall–Kier alpha value is -1.34. The van der Waals surface area contributed by atoms with Crippen LogP contribution in [0.4, 0.5) is 0 Å². The molecule has 0 heterocycles. The fourth-order valence-electron chi connectivity index (χ4n) is 0.697. The number of aliphatic carboxylic acids is 2. The Morgan fingerprint density at radius 1 is 1.25 bits per heavy atom. The van der Waals surface area contributed by atoms with Crippen LogP contribution < -0.4 is 5.32 Å². The summed E-state index contributed by atoms with van der Waals surface area (Å²) in [4.78, 5) is 21.3. The van der Waals surface area contributed by atoms with Gasteiger partial charge in [-0.05, 0) is 0 Å². The molecule has 16 heavy (non-hydrogen) atoms. The third-order valence-corrected chi connectivity index (χ3v) is 2.85. The SMILES string of the molecule is C=CC(NC(=S)SC(C=C)C(=O)O)C(=O)O. The summed E-state index contributed by atoms with van der Waals surface area (Å²) < 4.78 is 0.0691. The lowest BCUT2D eigenvalue weighted by molar-refractivity contribution is -0.138. The first-order valence-electron chi connectivity index (χ1n) is 4.10. The van der Waals surface area contributed by atoms with E-state index in [9.17, 15) is 9.59 Å². The van der Waals surface area contributed by atoms with Gasteiger partial charge in [-0.25, -0.2) is 4.79 Å². The molecule has 0 aromatic heterocycles. The highest BCUT2D eigenvalue weighted by atomic mass is 32.2. The largest absolute Gasteiger partial charge is 0.480 e. The average molecular weight is 261 g/mol. The van der Waals surface area contributed by atoms with E-state index in [0.717, 1.165) is 11.8 Å². The summed E-state index contributed by atoms with van der Waals surface area (Å²) >= 11 is 5.61. The molecule has 0 spiro atoms. The van der Waals surface area contributed by atoms with Crippen molar-refractivity contribution in [2.24, 2.45) is 0 Å². The van der Waals surface area contributed by atoms with Gasteiger partial charge in [0, 0.05) is 0 Å². The highest BCUT2D eigenvalue weighted by molar-refractivity contribution is 8.23. The van der Waals surface area contributed by atoms with Gasteiger partial charge < -0.3 is 15.5 Å². The van der Waals surface area contributed by atoms with Crippen LogP contribution in [0.1, 0.15) is 0 Å². The maximum absolute atomic E-state index is 10.6. The van der Waals surface area contributed by atoms with E-state index >= 15 is 0 Å². The molecule has 3 N–H and O–H groups in total. The Labute approximate surface area is 102 Å². The summed E-state index contributed by atoms with van der Waals surface area (Å²) in [5.41, 5.74) is 0. The molecule has 0 bridgehead atoms. The van der Waals surface area contributed by atoms with Crippen LogP contribution in [0.15, 0.2) is 25.3 Å². The smallest absolute Gasteiger partial charge is 0.330 e. The lowest BCUT2D eigenvalue weighted by Gasteiger charge is -2.13. The van der Waals surface area contributed by atoms with Crippen LogP contribution in [0.5, 0.6) is 0 Å². The van der Waals surface area contributed by atoms with Gasteiger partial charge in [0.25, 0.3) is 0 Å². The van der Waals surface area contributed by atoms with E-state index in [1.165, 1.54) is 12.2 Å². The van der Waals surface area contributed by atoms with Crippen LogP contribution in [-0.2, 0) is 9.59 Å². The second-order valence-corrected chi connectivity index (χ2v) is 4.41. The van der Waals surface area contributed by atoms with Gasteiger partial charge in [-0.3, -0.25) is 4.79 Å². The predicted octanol–water partition coefficient (Wildman–Crippen LogP) is 0.872. The first kappa shape index (κ1) is 14.7. The number of rotatable bonds is 6. The lowest BCUT2D eigenvalue weighted by Crippen LogP contribution is -2.38. The third-order valence-electron chi connectivity index (χ3n) is 1.47. The summed E-state index contributed by atoms with van der Waals surface area (Å²) in [7, 11) is 0. The Kier molecular flexibility index (Phi) is 6.43. The normalized spacial score (nSPS) is 13.2. The van der Waals surface area contributed by atoms with Crippen LogP contribution >= 0.6 is 24.0 Å². The van der Waals surface area contributed by atoms with Crippen molar-refractivity contribution in [1.82, 2.24) is 5.32 Å². The standard InChI is InChI=1S/C9H11NO4S2/c1-3-5(7(11)12)10-9(15)16-6(4-2)8(13)14/h3-6H,1-2H2,(H,10,15)(H,11,12)(H,13,14). The average Bonchev–Trinajstić information content (AvgIpc) is 2.21. The highest BCUT2D eigenvalue weighted by Gasteiger charge is 2.19. The van der Waals surface area contributed by atoms with E-state index in [-0.39, 0.29) is 4.32 Å². The van der Waals surface area contributed by atoms with E-state index in [0.29, 0.717) is 0 Å². The summed E-state index contributed by atoms with van der Waals surface area (Å²) in [6.45, 7) is 6.67.